The fraction of sp³-hybridized carbons (Fsp3) is 0.292. The van der Waals surface area contributed by atoms with Crippen LogP contribution in [0.5, 0.6) is 0 Å². The van der Waals surface area contributed by atoms with E-state index in [0.29, 0.717) is 12.2 Å². The molecule has 0 fully saturated rings. The lowest BCUT2D eigenvalue weighted by Crippen LogP contribution is -2.15. The molecule has 0 radical (unpaired) electrons. The van der Waals surface area contributed by atoms with Crippen molar-refractivity contribution < 1.29 is 9.53 Å². The molecule has 0 atom stereocenters. The van der Waals surface area contributed by atoms with Gasteiger partial charge < -0.3 is 9.30 Å². The first-order valence-corrected chi connectivity index (χ1v) is 13.2. The third-order valence-corrected chi connectivity index (χ3v) is 6.48. The highest BCUT2D eigenvalue weighted by atomic mass is 127. The van der Waals surface area contributed by atoms with Crippen molar-refractivity contribution in [2.75, 3.05) is 4.61 Å². The summed E-state index contributed by atoms with van der Waals surface area (Å²) in [6.07, 6.45) is 2.77. The van der Waals surface area contributed by atoms with E-state index in [0.717, 1.165) is 53.1 Å². The van der Waals surface area contributed by atoms with E-state index in [2.05, 4.69) is 51.5 Å². The number of hydrogen-bond acceptors (Lipinski definition) is 4. The summed E-state index contributed by atoms with van der Waals surface area (Å²) in [6, 6.07) is 16.6. The number of hydrogen-bond donors (Lipinski definition) is 0. The van der Waals surface area contributed by atoms with Crippen molar-refractivity contribution in [1.82, 2.24) is 9.55 Å². The van der Waals surface area contributed by atoms with Crippen LogP contribution in [-0.4, -0.2) is 25.8 Å². The maximum atomic E-state index is 12.5. The first-order valence-electron chi connectivity index (χ1n) is 10.3. The van der Waals surface area contributed by atoms with Crippen LogP contribution < -0.4 is 0 Å². The predicted octanol–water partition coefficient (Wildman–Crippen LogP) is 7.30. The first kappa shape index (κ1) is 25.2. The lowest BCUT2D eigenvalue weighted by molar-refractivity contribution is 0.0578. The Labute approximate surface area is 221 Å². The highest BCUT2D eigenvalue weighted by Gasteiger charge is 2.23. The van der Waals surface area contributed by atoms with Crippen LogP contribution in [0.1, 0.15) is 54.1 Å². The molecular weight excluding hydrogens is 652 g/mol. The number of carbonyl (C=O) groups is 1. The summed E-state index contributed by atoms with van der Waals surface area (Å²) in [5.41, 5.74) is 5.72. The van der Waals surface area contributed by atoms with Crippen molar-refractivity contribution in [2.45, 2.75) is 39.7 Å². The van der Waals surface area contributed by atoms with E-state index in [-0.39, 0.29) is 9.77 Å². The minimum atomic E-state index is -0.446. The minimum absolute atomic E-state index is 0.199. The number of nitrogens with zero attached hydrogens (tertiary/aromatic N) is 3. The van der Waals surface area contributed by atoms with Crippen LogP contribution in [0.3, 0.4) is 0 Å². The van der Waals surface area contributed by atoms with E-state index in [1.165, 1.54) is 0 Å². The molecule has 0 aliphatic rings. The van der Waals surface area contributed by atoms with E-state index < -0.39 is 5.97 Å². The molecule has 8 heteroatoms. The molecule has 0 saturated heterocycles. The van der Waals surface area contributed by atoms with Crippen LogP contribution in [-0.2, 0) is 17.7 Å². The molecule has 0 saturated carbocycles. The number of halogens is 3. The van der Waals surface area contributed by atoms with Gasteiger partial charge in [0, 0.05) is 18.5 Å². The topological polar surface area (TPSA) is 56.5 Å². The molecule has 0 bridgehead atoms. The number of aryl methyl sites for hydroxylation is 1. The Morgan fingerprint density at radius 2 is 1.91 bits per heavy atom. The maximum absolute atomic E-state index is 12.5. The van der Waals surface area contributed by atoms with E-state index in [9.17, 15) is 4.79 Å². The number of ether oxygens (including phenoxy) is 1. The molecule has 0 aliphatic heterocycles. The zero-order valence-corrected chi connectivity index (χ0v) is 23.0. The Hall–Kier alpha value is -1.46. The Kier molecular flexibility index (Phi) is 9.54. The van der Waals surface area contributed by atoms with Gasteiger partial charge in [-0.05, 0) is 52.6 Å². The molecular formula is C24H24ClI2N3O2. The van der Waals surface area contributed by atoms with Crippen LogP contribution in [0.4, 0.5) is 0 Å². The van der Waals surface area contributed by atoms with Crippen molar-refractivity contribution in [3.63, 3.8) is 0 Å². The van der Waals surface area contributed by atoms with Gasteiger partial charge in [-0.3, -0.25) is 0 Å². The van der Waals surface area contributed by atoms with Crippen LogP contribution in [0.25, 0.3) is 11.1 Å². The van der Waals surface area contributed by atoms with Gasteiger partial charge in [0.05, 0.1) is 28.6 Å². The van der Waals surface area contributed by atoms with Crippen molar-refractivity contribution in [2.24, 2.45) is 3.21 Å². The van der Waals surface area contributed by atoms with Gasteiger partial charge in [-0.2, -0.15) is 0 Å². The fourth-order valence-corrected chi connectivity index (χ4v) is 4.36. The van der Waals surface area contributed by atoms with Crippen molar-refractivity contribution in [1.29, 1.82) is 0 Å². The van der Waals surface area contributed by atoms with Crippen molar-refractivity contribution in [3.05, 3.63) is 76.3 Å². The minimum Gasteiger partial charge on any atom is -0.450 e. The van der Waals surface area contributed by atoms with Gasteiger partial charge in [0.25, 0.3) is 0 Å². The van der Waals surface area contributed by atoms with E-state index >= 15 is 0 Å². The van der Waals surface area contributed by atoms with Gasteiger partial charge >= 0.3 is 5.97 Å². The number of carbonyl (C=O) groups excluding carboxylic acids is 1. The molecule has 2 aromatic carbocycles. The van der Waals surface area contributed by atoms with Crippen molar-refractivity contribution in [3.8, 4) is 11.1 Å². The molecule has 1 aromatic heterocycles. The average molecular weight is 676 g/mol. The molecule has 168 valence electrons. The summed E-state index contributed by atoms with van der Waals surface area (Å²) < 4.78 is 11.7. The van der Waals surface area contributed by atoms with Gasteiger partial charge in [-0.25, -0.2) is 13.0 Å². The first-order chi connectivity index (χ1) is 15.5. The Balaban J connectivity index is 1.94. The predicted molar refractivity (Wildman–Crippen MR) is 147 cm³/mol. The van der Waals surface area contributed by atoms with E-state index in [1.807, 2.05) is 69.1 Å². The largest absolute Gasteiger partial charge is 0.450 e. The molecule has 0 N–H and O–H groups in total. The fourth-order valence-electron chi connectivity index (χ4n) is 3.54. The molecule has 1 heterocycles. The summed E-state index contributed by atoms with van der Waals surface area (Å²) in [7, 11) is 0. The third-order valence-electron chi connectivity index (χ3n) is 5.19. The zero-order valence-electron chi connectivity index (χ0n) is 17.9. The zero-order chi connectivity index (χ0) is 23.1. The lowest BCUT2D eigenvalue weighted by Gasteiger charge is -2.13. The second-order valence-electron chi connectivity index (χ2n) is 7.31. The number of aromatic nitrogens is 2. The summed E-state index contributed by atoms with van der Waals surface area (Å²) in [6.45, 7) is 4.64. The second kappa shape index (κ2) is 12.1. The van der Waals surface area contributed by atoms with Gasteiger partial charge in [0.2, 0.25) is 0 Å². The third kappa shape index (κ3) is 5.91. The SMILES string of the molecule is CCCCc1nc(Cl)c(C(=O)OCI)n1Cc1ccc(-c2ccccc2C(C)=NI)cc1. The average Bonchev–Trinajstić information content (AvgIpc) is 3.12. The monoisotopic (exact) mass is 675 g/mol. The molecule has 0 amide bonds. The Morgan fingerprint density at radius 1 is 1.19 bits per heavy atom. The maximum Gasteiger partial charge on any atom is 0.359 e. The smallest absolute Gasteiger partial charge is 0.359 e. The highest BCUT2D eigenvalue weighted by Crippen LogP contribution is 2.27. The molecule has 32 heavy (non-hydrogen) atoms. The number of alkyl halides is 1. The number of rotatable bonds is 9. The summed E-state index contributed by atoms with van der Waals surface area (Å²) in [4.78, 5) is 17.0. The van der Waals surface area contributed by atoms with E-state index in [4.69, 9.17) is 16.3 Å². The van der Waals surface area contributed by atoms with Gasteiger partial charge in [-0.15, -0.1) is 0 Å². The second-order valence-corrected chi connectivity index (χ2v) is 8.77. The molecule has 3 rings (SSSR count). The van der Waals surface area contributed by atoms with Crippen LogP contribution in [0, 0.1) is 0 Å². The van der Waals surface area contributed by atoms with Gasteiger partial charge in [0.1, 0.15) is 10.4 Å². The Morgan fingerprint density at radius 3 is 2.56 bits per heavy atom. The van der Waals surface area contributed by atoms with Gasteiger partial charge in [0.15, 0.2) is 10.8 Å². The van der Waals surface area contributed by atoms with Gasteiger partial charge in [-0.1, -0.05) is 73.5 Å². The van der Waals surface area contributed by atoms with Crippen molar-refractivity contribution >= 4 is 68.7 Å². The molecule has 3 aromatic rings. The van der Waals surface area contributed by atoms with Crippen LogP contribution in [0.2, 0.25) is 5.15 Å². The highest BCUT2D eigenvalue weighted by molar-refractivity contribution is 14.1. The summed E-state index contributed by atoms with van der Waals surface area (Å²) in [5, 5.41) is 0.199. The van der Waals surface area contributed by atoms with E-state index in [1.54, 1.807) is 0 Å². The quantitative estimate of drug-likeness (QED) is 0.104. The van der Waals surface area contributed by atoms with Crippen LogP contribution >= 0.6 is 57.1 Å². The summed E-state index contributed by atoms with van der Waals surface area (Å²) in [5.74, 6) is 0.360. The summed E-state index contributed by atoms with van der Waals surface area (Å²) >= 11 is 10.4. The Bertz CT molecular complexity index is 1110. The number of unbranched alkanes of at least 4 members (excludes halogenated alkanes) is 1. The number of benzene rings is 2. The number of imidazole rings is 1. The van der Waals surface area contributed by atoms with Crippen LogP contribution in [0.15, 0.2) is 51.7 Å². The molecule has 0 spiro atoms. The molecule has 0 unspecified atom stereocenters. The lowest BCUT2D eigenvalue weighted by atomic mass is 9.96. The standard InChI is InChI=1S/C24H24ClI2N3O2/c1-3-4-9-21-28-23(25)22(24(31)32-15-26)30(21)14-17-10-12-18(13-11-17)20-8-6-5-7-19(20)16(2)29-27/h5-8,10-13H,3-4,9,14-15H2,1-2H3. The number of esters is 1. The normalized spacial score (nSPS) is 11.6. The molecule has 5 nitrogen and oxygen atoms in total. The molecule has 0 aliphatic carbocycles.